The highest BCUT2D eigenvalue weighted by Gasteiger charge is 2.18. The molecule has 0 saturated heterocycles. The molecule has 106 valence electrons. The first-order valence-electron chi connectivity index (χ1n) is 7.14. The number of nitrogens with one attached hydrogen (secondary N) is 1. The summed E-state index contributed by atoms with van der Waals surface area (Å²) >= 11 is 0. The molecule has 5 heteroatoms. The Kier molecular flexibility index (Phi) is 3.58. The van der Waals surface area contributed by atoms with Crippen molar-refractivity contribution in [3.8, 4) is 0 Å². The van der Waals surface area contributed by atoms with Gasteiger partial charge in [-0.15, -0.1) is 0 Å². The SMILES string of the molecule is CC(C)c1nc(CN2CCCNc3ccccc32)no1. The third-order valence-electron chi connectivity index (χ3n) is 3.47. The molecular weight excluding hydrogens is 252 g/mol. The number of nitrogens with zero attached hydrogens (tertiary/aromatic N) is 3. The van der Waals surface area contributed by atoms with Gasteiger partial charge in [-0.1, -0.05) is 31.1 Å². The predicted octanol–water partition coefficient (Wildman–Crippen LogP) is 3.02. The maximum absolute atomic E-state index is 5.28. The van der Waals surface area contributed by atoms with Crippen molar-refractivity contribution < 1.29 is 4.52 Å². The van der Waals surface area contributed by atoms with E-state index in [4.69, 9.17) is 4.52 Å². The predicted molar refractivity (Wildman–Crippen MR) is 79.0 cm³/mol. The van der Waals surface area contributed by atoms with Crippen LogP contribution in [0, 0.1) is 0 Å². The maximum atomic E-state index is 5.28. The smallest absolute Gasteiger partial charge is 0.229 e. The highest BCUT2D eigenvalue weighted by Crippen LogP contribution is 2.28. The summed E-state index contributed by atoms with van der Waals surface area (Å²) in [6.45, 7) is 6.80. The number of fused-ring (bicyclic) bond motifs is 1. The normalized spacial score (nSPS) is 14.8. The lowest BCUT2D eigenvalue weighted by atomic mass is 10.2. The Morgan fingerprint density at radius 3 is 3.00 bits per heavy atom. The van der Waals surface area contributed by atoms with Gasteiger partial charge in [-0.25, -0.2) is 0 Å². The first-order chi connectivity index (χ1) is 9.74. The molecule has 1 aromatic heterocycles. The van der Waals surface area contributed by atoms with Crippen LogP contribution in [0.1, 0.15) is 37.9 Å². The maximum Gasteiger partial charge on any atom is 0.229 e. The Labute approximate surface area is 119 Å². The lowest BCUT2D eigenvalue weighted by Gasteiger charge is -2.22. The molecule has 2 aromatic rings. The fourth-order valence-electron chi connectivity index (χ4n) is 2.41. The Morgan fingerprint density at radius 1 is 1.35 bits per heavy atom. The van der Waals surface area contributed by atoms with Crippen LogP contribution in [0.4, 0.5) is 11.4 Å². The van der Waals surface area contributed by atoms with Gasteiger partial charge in [-0.2, -0.15) is 4.98 Å². The van der Waals surface area contributed by atoms with E-state index in [2.05, 4.69) is 58.5 Å². The quantitative estimate of drug-likeness (QED) is 0.930. The van der Waals surface area contributed by atoms with Gasteiger partial charge in [0.2, 0.25) is 5.89 Å². The number of benzene rings is 1. The second kappa shape index (κ2) is 5.53. The molecule has 1 aliphatic heterocycles. The molecule has 5 nitrogen and oxygen atoms in total. The van der Waals surface area contributed by atoms with E-state index >= 15 is 0 Å². The summed E-state index contributed by atoms with van der Waals surface area (Å²) in [6, 6.07) is 8.37. The van der Waals surface area contributed by atoms with Crippen molar-refractivity contribution in [2.75, 3.05) is 23.3 Å². The third kappa shape index (κ3) is 2.61. The zero-order valence-corrected chi connectivity index (χ0v) is 12.0. The van der Waals surface area contributed by atoms with E-state index in [0.717, 1.165) is 25.3 Å². The zero-order chi connectivity index (χ0) is 13.9. The van der Waals surface area contributed by atoms with Crippen LogP contribution >= 0.6 is 0 Å². The summed E-state index contributed by atoms with van der Waals surface area (Å²) in [5.41, 5.74) is 2.39. The molecule has 0 fully saturated rings. The Morgan fingerprint density at radius 2 is 2.20 bits per heavy atom. The fraction of sp³-hybridized carbons (Fsp3) is 0.467. The third-order valence-corrected chi connectivity index (χ3v) is 3.47. The molecule has 0 spiro atoms. The molecule has 2 heterocycles. The van der Waals surface area contributed by atoms with Crippen LogP contribution in [0.15, 0.2) is 28.8 Å². The Balaban J connectivity index is 1.82. The summed E-state index contributed by atoms with van der Waals surface area (Å²) in [5, 5.41) is 7.55. The van der Waals surface area contributed by atoms with Gasteiger partial charge in [0.05, 0.1) is 17.9 Å². The van der Waals surface area contributed by atoms with Gasteiger partial charge in [0.15, 0.2) is 5.82 Å². The molecular formula is C15H20N4O. The lowest BCUT2D eigenvalue weighted by Crippen LogP contribution is -2.24. The number of aromatic nitrogens is 2. The van der Waals surface area contributed by atoms with Gasteiger partial charge in [-0.3, -0.25) is 0 Å². The molecule has 1 N–H and O–H groups in total. The van der Waals surface area contributed by atoms with Gasteiger partial charge in [0.25, 0.3) is 0 Å². The molecule has 0 unspecified atom stereocenters. The summed E-state index contributed by atoms with van der Waals surface area (Å²) in [6.07, 6.45) is 1.10. The number of rotatable bonds is 3. The van der Waals surface area contributed by atoms with E-state index in [0.29, 0.717) is 12.4 Å². The van der Waals surface area contributed by atoms with Crippen molar-refractivity contribution >= 4 is 11.4 Å². The second-order valence-electron chi connectivity index (χ2n) is 5.42. The van der Waals surface area contributed by atoms with Gasteiger partial charge in [0, 0.05) is 19.0 Å². The summed E-state index contributed by atoms with van der Waals surface area (Å²) in [7, 11) is 0. The van der Waals surface area contributed by atoms with Gasteiger partial charge in [-0.05, 0) is 18.6 Å². The van der Waals surface area contributed by atoms with Crippen molar-refractivity contribution in [3.05, 3.63) is 36.0 Å². The highest BCUT2D eigenvalue weighted by molar-refractivity contribution is 5.70. The average Bonchev–Trinajstić information content (AvgIpc) is 2.82. The first-order valence-corrected chi connectivity index (χ1v) is 7.14. The minimum absolute atomic E-state index is 0.273. The number of hydrogen-bond donors (Lipinski definition) is 1. The van der Waals surface area contributed by atoms with Gasteiger partial charge >= 0.3 is 0 Å². The van der Waals surface area contributed by atoms with E-state index in [1.165, 1.54) is 11.4 Å². The van der Waals surface area contributed by atoms with E-state index < -0.39 is 0 Å². The molecule has 20 heavy (non-hydrogen) atoms. The standard InChI is InChI=1S/C15H20N4O/c1-11(2)15-17-14(18-20-15)10-19-9-5-8-16-12-6-3-4-7-13(12)19/h3-4,6-7,11,16H,5,8-10H2,1-2H3. The molecule has 0 radical (unpaired) electrons. The largest absolute Gasteiger partial charge is 0.383 e. The number of anilines is 2. The van der Waals surface area contributed by atoms with E-state index in [1.807, 2.05) is 0 Å². The van der Waals surface area contributed by atoms with Crippen molar-refractivity contribution in [1.82, 2.24) is 10.1 Å². The molecule has 1 aliphatic rings. The van der Waals surface area contributed by atoms with E-state index in [9.17, 15) is 0 Å². The van der Waals surface area contributed by atoms with Crippen LogP contribution in [-0.2, 0) is 6.54 Å². The topological polar surface area (TPSA) is 54.2 Å². The number of hydrogen-bond acceptors (Lipinski definition) is 5. The van der Waals surface area contributed by atoms with Crippen LogP contribution in [0.25, 0.3) is 0 Å². The molecule has 3 rings (SSSR count). The van der Waals surface area contributed by atoms with Crippen LogP contribution in [-0.4, -0.2) is 23.2 Å². The zero-order valence-electron chi connectivity index (χ0n) is 12.0. The monoisotopic (exact) mass is 272 g/mol. The molecule has 0 aliphatic carbocycles. The Bertz CT molecular complexity index is 579. The minimum atomic E-state index is 0.273. The highest BCUT2D eigenvalue weighted by atomic mass is 16.5. The molecule has 0 saturated carbocycles. The van der Waals surface area contributed by atoms with Crippen molar-refractivity contribution in [2.45, 2.75) is 32.7 Å². The van der Waals surface area contributed by atoms with E-state index in [-0.39, 0.29) is 5.92 Å². The average molecular weight is 272 g/mol. The summed E-state index contributed by atoms with van der Waals surface area (Å²) < 4.78 is 5.28. The minimum Gasteiger partial charge on any atom is -0.383 e. The van der Waals surface area contributed by atoms with Gasteiger partial charge in [0.1, 0.15) is 0 Å². The van der Waals surface area contributed by atoms with Crippen molar-refractivity contribution in [1.29, 1.82) is 0 Å². The number of para-hydroxylation sites is 2. The van der Waals surface area contributed by atoms with Crippen LogP contribution in [0.3, 0.4) is 0 Å². The van der Waals surface area contributed by atoms with Crippen LogP contribution in [0.2, 0.25) is 0 Å². The lowest BCUT2D eigenvalue weighted by molar-refractivity contribution is 0.360. The van der Waals surface area contributed by atoms with Crippen LogP contribution < -0.4 is 10.2 Å². The fourth-order valence-corrected chi connectivity index (χ4v) is 2.41. The first kappa shape index (κ1) is 13.0. The summed E-state index contributed by atoms with van der Waals surface area (Å²) in [4.78, 5) is 6.78. The summed E-state index contributed by atoms with van der Waals surface area (Å²) in [5.74, 6) is 1.74. The Hall–Kier alpha value is -2.04. The second-order valence-corrected chi connectivity index (χ2v) is 5.42. The molecule has 0 atom stereocenters. The molecule has 0 bridgehead atoms. The van der Waals surface area contributed by atoms with E-state index in [1.54, 1.807) is 0 Å². The molecule has 1 aromatic carbocycles. The van der Waals surface area contributed by atoms with Crippen molar-refractivity contribution in [3.63, 3.8) is 0 Å². The van der Waals surface area contributed by atoms with Crippen molar-refractivity contribution in [2.24, 2.45) is 0 Å². The van der Waals surface area contributed by atoms with Gasteiger partial charge < -0.3 is 14.7 Å². The van der Waals surface area contributed by atoms with Crippen LogP contribution in [0.5, 0.6) is 0 Å². The molecule has 0 amide bonds.